The van der Waals surface area contributed by atoms with E-state index in [0.29, 0.717) is 37.6 Å². The minimum absolute atomic E-state index is 0.140. The van der Waals surface area contributed by atoms with Gasteiger partial charge >= 0.3 is 11.8 Å². The predicted molar refractivity (Wildman–Crippen MR) is 88.5 cm³/mol. The number of morpholine rings is 1. The van der Waals surface area contributed by atoms with Crippen LogP contribution in [0.25, 0.3) is 0 Å². The minimum Gasteiger partial charge on any atom is -0.449 e. The average Bonchev–Trinajstić information content (AvgIpc) is 2.63. The van der Waals surface area contributed by atoms with Gasteiger partial charge in [-0.2, -0.15) is 4.39 Å². The molecule has 2 aromatic carbocycles. The fourth-order valence-electron chi connectivity index (χ4n) is 2.69. The molecular formula is C19H20FNO3. The number of para-hydroxylation sites is 1. The molecule has 0 aliphatic carbocycles. The molecule has 1 aliphatic rings. The Kier molecular flexibility index (Phi) is 5.11. The summed E-state index contributed by atoms with van der Waals surface area (Å²) >= 11 is 0. The van der Waals surface area contributed by atoms with Crippen molar-refractivity contribution in [1.82, 2.24) is 4.90 Å². The SMILES string of the molecule is O=C(N1CCOCC1)C(F)(Cc1ccccc1)Oc1ccccc1. The molecule has 4 nitrogen and oxygen atoms in total. The Labute approximate surface area is 140 Å². The summed E-state index contributed by atoms with van der Waals surface area (Å²) in [6.07, 6.45) is -0.140. The van der Waals surface area contributed by atoms with Crippen LogP contribution < -0.4 is 4.74 Å². The molecule has 1 fully saturated rings. The standard InChI is InChI=1S/C19H20FNO3/c20-19(15-16-7-3-1-4-8-16,24-17-9-5-2-6-10-17)18(22)21-11-13-23-14-12-21/h1-10H,11-15H2. The maximum atomic E-state index is 15.7. The number of alkyl halides is 1. The zero-order chi connectivity index (χ0) is 16.8. The number of hydrogen-bond donors (Lipinski definition) is 0. The Balaban J connectivity index is 1.85. The third-order valence-corrected chi connectivity index (χ3v) is 3.91. The molecule has 1 saturated heterocycles. The lowest BCUT2D eigenvalue weighted by Crippen LogP contribution is -2.54. The summed E-state index contributed by atoms with van der Waals surface area (Å²) < 4.78 is 26.5. The highest BCUT2D eigenvalue weighted by Crippen LogP contribution is 2.26. The van der Waals surface area contributed by atoms with Crippen LogP contribution in [0.3, 0.4) is 0 Å². The van der Waals surface area contributed by atoms with Gasteiger partial charge in [-0.25, -0.2) is 0 Å². The molecule has 1 amide bonds. The average molecular weight is 329 g/mol. The molecule has 1 heterocycles. The number of ether oxygens (including phenoxy) is 2. The van der Waals surface area contributed by atoms with Crippen LogP contribution in [-0.2, 0) is 16.0 Å². The van der Waals surface area contributed by atoms with Gasteiger partial charge in [0.05, 0.1) is 19.6 Å². The molecule has 24 heavy (non-hydrogen) atoms. The number of rotatable bonds is 5. The quantitative estimate of drug-likeness (QED) is 0.847. The van der Waals surface area contributed by atoms with Gasteiger partial charge in [0.1, 0.15) is 5.75 Å². The van der Waals surface area contributed by atoms with Crippen LogP contribution in [0.5, 0.6) is 5.75 Å². The Bertz CT molecular complexity index is 615. The Hall–Kier alpha value is -2.40. The third-order valence-electron chi connectivity index (χ3n) is 3.91. The summed E-state index contributed by atoms with van der Waals surface area (Å²) in [6, 6.07) is 17.7. The van der Waals surface area contributed by atoms with Crippen LogP contribution in [0.1, 0.15) is 5.56 Å². The van der Waals surface area contributed by atoms with E-state index in [0.717, 1.165) is 0 Å². The first-order valence-electron chi connectivity index (χ1n) is 8.01. The summed E-state index contributed by atoms with van der Waals surface area (Å²) in [6.45, 7) is 1.58. The number of carbonyl (C=O) groups excluding carboxylic acids is 1. The van der Waals surface area contributed by atoms with Crippen molar-refractivity contribution in [3.63, 3.8) is 0 Å². The van der Waals surface area contributed by atoms with E-state index < -0.39 is 11.8 Å². The van der Waals surface area contributed by atoms with Crippen molar-refractivity contribution in [3.8, 4) is 5.75 Å². The van der Waals surface area contributed by atoms with Gasteiger partial charge in [-0.3, -0.25) is 4.79 Å². The Morgan fingerprint density at radius 2 is 1.62 bits per heavy atom. The third kappa shape index (κ3) is 3.92. The van der Waals surface area contributed by atoms with E-state index in [1.165, 1.54) is 4.90 Å². The van der Waals surface area contributed by atoms with Crippen molar-refractivity contribution in [2.45, 2.75) is 12.3 Å². The Morgan fingerprint density at radius 3 is 2.25 bits per heavy atom. The highest BCUT2D eigenvalue weighted by molar-refractivity contribution is 5.84. The first-order chi connectivity index (χ1) is 11.7. The molecule has 0 bridgehead atoms. The summed E-state index contributed by atoms with van der Waals surface area (Å²) in [5, 5.41) is 0. The highest BCUT2D eigenvalue weighted by atomic mass is 19.2. The van der Waals surface area contributed by atoms with Crippen molar-refractivity contribution in [1.29, 1.82) is 0 Å². The van der Waals surface area contributed by atoms with Crippen molar-refractivity contribution in [3.05, 3.63) is 66.2 Å². The van der Waals surface area contributed by atoms with Gasteiger partial charge in [0, 0.05) is 13.1 Å². The first-order valence-corrected chi connectivity index (χ1v) is 8.01. The van der Waals surface area contributed by atoms with Crippen LogP contribution >= 0.6 is 0 Å². The molecule has 5 heteroatoms. The minimum atomic E-state index is -2.44. The molecule has 0 spiro atoms. The van der Waals surface area contributed by atoms with E-state index in [4.69, 9.17) is 9.47 Å². The lowest BCUT2D eigenvalue weighted by molar-refractivity contribution is -0.170. The summed E-state index contributed by atoms with van der Waals surface area (Å²) in [4.78, 5) is 14.3. The van der Waals surface area contributed by atoms with Crippen LogP contribution in [-0.4, -0.2) is 43.0 Å². The number of hydrogen-bond acceptors (Lipinski definition) is 3. The van der Waals surface area contributed by atoms with E-state index >= 15 is 4.39 Å². The second-order valence-corrected chi connectivity index (χ2v) is 5.71. The van der Waals surface area contributed by atoms with Gasteiger partial charge in [-0.1, -0.05) is 48.5 Å². The maximum absolute atomic E-state index is 15.7. The van der Waals surface area contributed by atoms with Crippen molar-refractivity contribution >= 4 is 5.91 Å². The van der Waals surface area contributed by atoms with E-state index in [1.807, 2.05) is 24.3 Å². The lowest BCUT2D eigenvalue weighted by atomic mass is 10.0. The molecule has 0 aromatic heterocycles. The largest absolute Gasteiger partial charge is 0.449 e. The van der Waals surface area contributed by atoms with Crippen LogP contribution in [0.2, 0.25) is 0 Å². The smallest absolute Gasteiger partial charge is 0.330 e. The number of benzene rings is 2. The van der Waals surface area contributed by atoms with E-state index in [2.05, 4.69) is 0 Å². The zero-order valence-corrected chi connectivity index (χ0v) is 13.4. The molecule has 1 aliphatic heterocycles. The van der Waals surface area contributed by atoms with Gasteiger partial charge in [0.2, 0.25) is 0 Å². The predicted octanol–water partition coefficient (Wildman–Crippen LogP) is 2.83. The second-order valence-electron chi connectivity index (χ2n) is 5.71. The lowest BCUT2D eigenvalue weighted by Gasteiger charge is -2.34. The van der Waals surface area contributed by atoms with Gasteiger partial charge in [-0.15, -0.1) is 0 Å². The Morgan fingerprint density at radius 1 is 1.04 bits per heavy atom. The van der Waals surface area contributed by atoms with Crippen LogP contribution in [0.4, 0.5) is 4.39 Å². The fraction of sp³-hybridized carbons (Fsp3) is 0.316. The zero-order valence-electron chi connectivity index (χ0n) is 13.4. The van der Waals surface area contributed by atoms with Crippen LogP contribution in [0, 0.1) is 0 Å². The molecule has 126 valence electrons. The monoisotopic (exact) mass is 329 g/mol. The van der Waals surface area contributed by atoms with Gasteiger partial charge in [0.15, 0.2) is 0 Å². The topological polar surface area (TPSA) is 38.8 Å². The number of amides is 1. The maximum Gasteiger partial charge on any atom is 0.330 e. The van der Waals surface area contributed by atoms with Gasteiger partial charge < -0.3 is 14.4 Å². The number of carbonyl (C=O) groups is 1. The molecule has 2 aromatic rings. The number of halogens is 1. The van der Waals surface area contributed by atoms with Gasteiger partial charge in [0.25, 0.3) is 0 Å². The highest BCUT2D eigenvalue weighted by Gasteiger charge is 2.44. The van der Waals surface area contributed by atoms with E-state index in [9.17, 15) is 4.79 Å². The molecule has 3 rings (SSSR count). The molecule has 1 unspecified atom stereocenters. The van der Waals surface area contributed by atoms with Crippen molar-refractivity contribution in [2.24, 2.45) is 0 Å². The van der Waals surface area contributed by atoms with Gasteiger partial charge in [-0.05, 0) is 17.7 Å². The van der Waals surface area contributed by atoms with E-state index in [1.54, 1.807) is 36.4 Å². The number of nitrogens with zero attached hydrogens (tertiary/aromatic N) is 1. The molecule has 0 N–H and O–H groups in total. The van der Waals surface area contributed by atoms with Crippen LogP contribution in [0.15, 0.2) is 60.7 Å². The molecule has 0 saturated carbocycles. The summed E-state index contributed by atoms with van der Waals surface area (Å²) in [5.41, 5.74) is 0.706. The van der Waals surface area contributed by atoms with E-state index in [-0.39, 0.29) is 6.42 Å². The molecule has 0 radical (unpaired) electrons. The van der Waals surface area contributed by atoms with Crippen molar-refractivity contribution < 1.29 is 18.7 Å². The molecule has 1 atom stereocenters. The summed E-state index contributed by atoms with van der Waals surface area (Å²) in [5.74, 6) is -2.77. The normalized spacial score (nSPS) is 17.1. The fourth-order valence-corrected chi connectivity index (χ4v) is 2.69. The molecular weight excluding hydrogens is 309 g/mol. The second kappa shape index (κ2) is 7.45. The van der Waals surface area contributed by atoms with Crippen molar-refractivity contribution in [2.75, 3.05) is 26.3 Å². The summed E-state index contributed by atoms with van der Waals surface area (Å²) in [7, 11) is 0. The first kappa shape index (κ1) is 16.5.